The zero-order valence-corrected chi connectivity index (χ0v) is 12.6. The molecule has 0 aromatic carbocycles. The molecular weight excluding hydrogens is 268 g/mol. The van der Waals surface area contributed by atoms with E-state index in [4.69, 9.17) is 4.52 Å². The summed E-state index contributed by atoms with van der Waals surface area (Å²) in [5.41, 5.74) is 0. The Kier molecular flexibility index (Phi) is 4.53. The van der Waals surface area contributed by atoms with E-state index in [1.165, 1.54) is 32.1 Å². The Morgan fingerprint density at radius 1 is 1.29 bits per heavy atom. The van der Waals surface area contributed by atoms with Crippen LogP contribution in [-0.4, -0.2) is 28.6 Å². The summed E-state index contributed by atoms with van der Waals surface area (Å²) < 4.78 is 5.21. The number of hydrogen-bond acceptors (Lipinski definition) is 5. The first kappa shape index (κ1) is 14.5. The van der Waals surface area contributed by atoms with Gasteiger partial charge in [0, 0.05) is 6.04 Å². The van der Waals surface area contributed by atoms with Crippen molar-refractivity contribution in [2.45, 2.75) is 64.0 Å². The third-order valence-electron chi connectivity index (χ3n) is 4.72. The molecule has 2 N–H and O–H groups in total. The van der Waals surface area contributed by atoms with Crippen LogP contribution in [0.25, 0.3) is 0 Å². The molecule has 0 spiro atoms. The average molecular weight is 292 g/mol. The fraction of sp³-hybridized carbons (Fsp3) is 0.800. The second-order valence-electron chi connectivity index (χ2n) is 6.27. The Morgan fingerprint density at radius 2 is 2.10 bits per heavy atom. The SMILES string of the molecule is C[C@@H](NC(=O)c1noc(C2CCCN2)n1)C1CCCCC1. The van der Waals surface area contributed by atoms with Gasteiger partial charge in [-0.3, -0.25) is 4.79 Å². The molecule has 6 heteroatoms. The largest absolute Gasteiger partial charge is 0.346 e. The van der Waals surface area contributed by atoms with Gasteiger partial charge in [-0.1, -0.05) is 24.4 Å². The van der Waals surface area contributed by atoms with Gasteiger partial charge in [0.15, 0.2) is 0 Å². The van der Waals surface area contributed by atoms with E-state index in [0.29, 0.717) is 11.8 Å². The van der Waals surface area contributed by atoms with Crippen LogP contribution in [0.4, 0.5) is 0 Å². The number of hydrogen-bond donors (Lipinski definition) is 2. The number of amides is 1. The molecule has 2 heterocycles. The smallest absolute Gasteiger partial charge is 0.292 e. The molecule has 0 radical (unpaired) electrons. The van der Waals surface area contributed by atoms with E-state index in [0.717, 1.165) is 19.4 Å². The summed E-state index contributed by atoms with van der Waals surface area (Å²) in [7, 11) is 0. The molecule has 1 saturated carbocycles. The van der Waals surface area contributed by atoms with Gasteiger partial charge in [0.05, 0.1) is 6.04 Å². The molecule has 1 aromatic heterocycles. The first-order valence-electron chi connectivity index (χ1n) is 8.12. The van der Waals surface area contributed by atoms with Crippen LogP contribution >= 0.6 is 0 Å². The Hall–Kier alpha value is -1.43. The Balaban J connectivity index is 1.57. The summed E-state index contributed by atoms with van der Waals surface area (Å²) in [5.74, 6) is 1.04. The highest BCUT2D eigenvalue weighted by molar-refractivity contribution is 5.90. The minimum atomic E-state index is -0.221. The second kappa shape index (κ2) is 6.56. The normalized spacial score (nSPS) is 24.9. The molecule has 1 aromatic rings. The van der Waals surface area contributed by atoms with Crippen LogP contribution in [0.3, 0.4) is 0 Å². The van der Waals surface area contributed by atoms with Gasteiger partial charge in [-0.25, -0.2) is 0 Å². The highest BCUT2D eigenvalue weighted by Crippen LogP contribution is 2.26. The molecule has 1 unspecified atom stereocenters. The zero-order valence-electron chi connectivity index (χ0n) is 12.6. The van der Waals surface area contributed by atoms with Crippen molar-refractivity contribution < 1.29 is 9.32 Å². The number of aromatic nitrogens is 2. The van der Waals surface area contributed by atoms with E-state index >= 15 is 0 Å². The first-order chi connectivity index (χ1) is 10.2. The predicted molar refractivity (Wildman–Crippen MR) is 77.8 cm³/mol. The molecule has 6 nitrogen and oxygen atoms in total. The number of carbonyl (C=O) groups excluding carboxylic acids is 1. The highest BCUT2D eigenvalue weighted by atomic mass is 16.5. The summed E-state index contributed by atoms with van der Waals surface area (Å²) in [5, 5.41) is 10.1. The van der Waals surface area contributed by atoms with E-state index in [1.54, 1.807) is 0 Å². The second-order valence-corrected chi connectivity index (χ2v) is 6.27. The van der Waals surface area contributed by atoms with Crippen molar-refractivity contribution in [2.75, 3.05) is 6.54 Å². The maximum Gasteiger partial charge on any atom is 0.292 e. The summed E-state index contributed by atoms with van der Waals surface area (Å²) in [4.78, 5) is 16.4. The van der Waals surface area contributed by atoms with Crippen molar-refractivity contribution in [3.8, 4) is 0 Å². The molecule has 0 bridgehead atoms. The van der Waals surface area contributed by atoms with Gasteiger partial charge >= 0.3 is 0 Å². The minimum Gasteiger partial charge on any atom is -0.346 e. The number of nitrogens with zero attached hydrogens (tertiary/aromatic N) is 2. The zero-order chi connectivity index (χ0) is 14.7. The monoisotopic (exact) mass is 292 g/mol. The Labute approximate surface area is 125 Å². The lowest BCUT2D eigenvalue weighted by Crippen LogP contribution is -2.39. The van der Waals surface area contributed by atoms with E-state index in [1.807, 2.05) is 0 Å². The maximum atomic E-state index is 12.2. The van der Waals surface area contributed by atoms with Gasteiger partial charge in [0.2, 0.25) is 5.89 Å². The van der Waals surface area contributed by atoms with E-state index < -0.39 is 0 Å². The summed E-state index contributed by atoms with van der Waals surface area (Å²) >= 11 is 0. The molecule has 2 aliphatic rings. The average Bonchev–Trinajstić information content (AvgIpc) is 3.19. The van der Waals surface area contributed by atoms with Crippen LogP contribution in [-0.2, 0) is 0 Å². The fourth-order valence-corrected chi connectivity index (χ4v) is 3.39. The van der Waals surface area contributed by atoms with E-state index in [9.17, 15) is 4.79 Å². The van der Waals surface area contributed by atoms with Crippen molar-refractivity contribution in [1.29, 1.82) is 0 Å². The minimum absolute atomic E-state index is 0.106. The van der Waals surface area contributed by atoms with Crippen molar-refractivity contribution in [2.24, 2.45) is 5.92 Å². The van der Waals surface area contributed by atoms with Gasteiger partial charge < -0.3 is 15.2 Å². The number of nitrogens with one attached hydrogen (secondary N) is 2. The Bertz CT molecular complexity index is 476. The van der Waals surface area contributed by atoms with Crippen LogP contribution < -0.4 is 10.6 Å². The highest BCUT2D eigenvalue weighted by Gasteiger charge is 2.26. The predicted octanol–water partition coefficient (Wildman–Crippen LogP) is 2.19. The fourth-order valence-electron chi connectivity index (χ4n) is 3.39. The molecule has 3 rings (SSSR count). The lowest BCUT2D eigenvalue weighted by atomic mass is 9.84. The summed E-state index contributed by atoms with van der Waals surface area (Å²) in [6.45, 7) is 3.04. The van der Waals surface area contributed by atoms with Gasteiger partial charge in [0.25, 0.3) is 11.7 Å². The molecule has 116 valence electrons. The topological polar surface area (TPSA) is 80.0 Å². The summed E-state index contributed by atoms with van der Waals surface area (Å²) in [6, 6.07) is 0.277. The lowest BCUT2D eigenvalue weighted by molar-refractivity contribution is 0.0905. The van der Waals surface area contributed by atoms with Crippen LogP contribution in [0.1, 0.15) is 74.4 Å². The number of rotatable bonds is 4. The van der Waals surface area contributed by atoms with Gasteiger partial charge in [-0.2, -0.15) is 4.98 Å². The van der Waals surface area contributed by atoms with E-state index in [2.05, 4.69) is 27.7 Å². The Morgan fingerprint density at radius 3 is 2.81 bits per heavy atom. The van der Waals surface area contributed by atoms with Gasteiger partial charge in [-0.15, -0.1) is 0 Å². The van der Waals surface area contributed by atoms with Gasteiger partial charge in [0.1, 0.15) is 0 Å². The van der Waals surface area contributed by atoms with Crippen LogP contribution in [0.5, 0.6) is 0 Å². The molecule has 1 aliphatic carbocycles. The first-order valence-corrected chi connectivity index (χ1v) is 8.12. The maximum absolute atomic E-state index is 12.2. The molecule has 1 amide bonds. The van der Waals surface area contributed by atoms with Crippen molar-refractivity contribution in [3.05, 3.63) is 11.7 Å². The molecule has 1 aliphatic heterocycles. The lowest BCUT2D eigenvalue weighted by Gasteiger charge is -2.27. The van der Waals surface area contributed by atoms with Crippen LogP contribution in [0.2, 0.25) is 0 Å². The molecular formula is C15H24N4O2. The van der Waals surface area contributed by atoms with E-state index in [-0.39, 0.29) is 23.8 Å². The number of carbonyl (C=O) groups is 1. The van der Waals surface area contributed by atoms with Crippen molar-refractivity contribution in [1.82, 2.24) is 20.8 Å². The molecule has 2 atom stereocenters. The third kappa shape index (κ3) is 3.43. The molecule has 21 heavy (non-hydrogen) atoms. The van der Waals surface area contributed by atoms with Gasteiger partial charge in [-0.05, 0) is 45.1 Å². The standard InChI is InChI=1S/C15H24N4O2/c1-10(11-6-3-2-4-7-11)17-14(20)13-18-15(21-19-13)12-8-5-9-16-12/h10-12,16H,2-9H2,1H3,(H,17,20)/t10-,12?/m1/s1. The van der Waals surface area contributed by atoms with Crippen molar-refractivity contribution >= 4 is 5.91 Å². The van der Waals surface area contributed by atoms with Crippen LogP contribution in [0.15, 0.2) is 4.52 Å². The molecule has 1 saturated heterocycles. The quantitative estimate of drug-likeness (QED) is 0.889. The van der Waals surface area contributed by atoms with Crippen molar-refractivity contribution in [3.63, 3.8) is 0 Å². The third-order valence-corrected chi connectivity index (χ3v) is 4.72. The van der Waals surface area contributed by atoms with Crippen LogP contribution in [0, 0.1) is 5.92 Å². The summed E-state index contributed by atoms with van der Waals surface area (Å²) in [6.07, 6.45) is 8.35. The molecule has 2 fully saturated rings.